The van der Waals surface area contributed by atoms with Crippen molar-refractivity contribution >= 4 is 17.4 Å². The second-order valence-electron chi connectivity index (χ2n) is 3.39. The number of amidine groups is 1. The summed E-state index contributed by atoms with van der Waals surface area (Å²) in [5, 5.41) is 11.7. The van der Waals surface area contributed by atoms with Crippen molar-refractivity contribution in [3.8, 4) is 11.3 Å². The third-order valence-electron chi connectivity index (χ3n) is 2.30. The summed E-state index contributed by atoms with van der Waals surface area (Å²) < 4.78 is 0. The van der Waals surface area contributed by atoms with E-state index in [1.54, 1.807) is 12.1 Å². The molecule has 0 radical (unpaired) electrons. The van der Waals surface area contributed by atoms with Crippen LogP contribution in [-0.2, 0) is 0 Å². The van der Waals surface area contributed by atoms with Crippen LogP contribution in [0.5, 0.6) is 0 Å². The van der Waals surface area contributed by atoms with Gasteiger partial charge in [-0.05, 0) is 12.1 Å². The highest BCUT2D eigenvalue weighted by molar-refractivity contribution is 6.33. The first-order valence-electron chi connectivity index (χ1n) is 4.92. The van der Waals surface area contributed by atoms with E-state index in [-0.39, 0.29) is 11.0 Å². The number of hydrogen-bond acceptors (Lipinski definition) is 3. The predicted octanol–water partition coefficient (Wildman–Crippen LogP) is 2.50. The van der Waals surface area contributed by atoms with E-state index in [0.717, 1.165) is 11.3 Å². The molecular weight excluding hydrogens is 238 g/mol. The van der Waals surface area contributed by atoms with E-state index >= 15 is 0 Å². The third kappa shape index (κ3) is 2.37. The number of nitrogens with two attached hydrogens (primary N) is 1. The summed E-state index contributed by atoms with van der Waals surface area (Å²) >= 11 is 5.97. The fraction of sp³-hybridized carbons (Fsp3) is 0. The number of oxime groups is 1. The summed E-state index contributed by atoms with van der Waals surface area (Å²) in [7, 11) is 0. The fourth-order valence-corrected chi connectivity index (χ4v) is 1.70. The molecular formula is C12H10ClN3O. The van der Waals surface area contributed by atoms with Crippen molar-refractivity contribution in [2.75, 3.05) is 0 Å². The van der Waals surface area contributed by atoms with Crippen molar-refractivity contribution in [3.05, 3.63) is 53.2 Å². The number of halogens is 1. The van der Waals surface area contributed by atoms with Gasteiger partial charge in [0.25, 0.3) is 0 Å². The lowest BCUT2D eigenvalue weighted by Crippen LogP contribution is -2.14. The van der Waals surface area contributed by atoms with Crippen LogP contribution in [0.1, 0.15) is 5.56 Å². The second kappa shape index (κ2) is 4.84. The summed E-state index contributed by atoms with van der Waals surface area (Å²) in [5.41, 5.74) is 7.57. The van der Waals surface area contributed by atoms with Gasteiger partial charge in [0.15, 0.2) is 5.84 Å². The molecule has 0 saturated heterocycles. The molecule has 0 atom stereocenters. The molecule has 1 heterocycles. The molecule has 0 fully saturated rings. The molecule has 0 amide bonds. The number of pyridine rings is 1. The van der Waals surface area contributed by atoms with Gasteiger partial charge < -0.3 is 10.9 Å². The molecule has 3 N–H and O–H groups in total. The molecule has 0 aliphatic carbocycles. The average Bonchev–Trinajstić information content (AvgIpc) is 2.39. The fourth-order valence-electron chi connectivity index (χ4n) is 1.45. The Morgan fingerprint density at radius 3 is 2.47 bits per heavy atom. The molecule has 0 aliphatic rings. The summed E-state index contributed by atoms with van der Waals surface area (Å²) in [6, 6.07) is 13.1. The minimum absolute atomic E-state index is 0.0536. The topological polar surface area (TPSA) is 71.5 Å². The smallest absolute Gasteiger partial charge is 0.173 e. The maximum atomic E-state index is 8.58. The van der Waals surface area contributed by atoms with Crippen LogP contribution >= 0.6 is 11.6 Å². The summed E-state index contributed by atoms with van der Waals surface area (Å²) in [6.07, 6.45) is 0. The summed E-state index contributed by atoms with van der Waals surface area (Å²) in [4.78, 5) is 4.21. The molecule has 1 aromatic heterocycles. The minimum Gasteiger partial charge on any atom is -0.409 e. The third-order valence-corrected chi connectivity index (χ3v) is 2.59. The van der Waals surface area contributed by atoms with Crippen LogP contribution in [-0.4, -0.2) is 16.0 Å². The van der Waals surface area contributed by atoms with E-state index in [0.29, 0.717) is 5.56 Å². The normalized spacial score (nSPS) is 11.5. The highest BCUT2D eigenvalue weighted by atomic mass is 35.5. The Hall–Kier alpha value is -2.07. The number of rotatable bonds is 2. The molecule has 2 aromatic rings. The van der Waals surface area contributed by atoms with Crippen LogP contribution in [0.25, 0.3) is 11.3 Å². The van der Waals surface area contributed by atoms with E-state index in [1.165, 1.54) is 0 Å². The van der Waals surface area contributed by atoms with Gasteiger partial charge in [0, 0.05) is 5.56 Å². The van der Waals surface area contributed by atoms with Crippen LogP contribution in [0.15, 0.2) is 47.6 Å². The molecule has 17 heavy (non-hydrogen) atoms. The predicted molar refractivity (Wildman–Crippen MR) is 67.2 cm³/mol. The largest absolute Gasteiger partial charge is 0.409 e. The SMILES string of the molecule is N/C(=N\O)c1ccc(-c2ccccc2)nc1Cl. The lowest BCUT2D eigenvalue weighted by Gasteiger charge is -2.05. The maximum absolute atomic E-state index is 8.58. The molecule has 0 aliphatic heterocycles. The van der Waals surface area contributed by atoms with Crippen molar-refractivity contribution in [1.29, 1.82) is 0 Å². The van der Waals surface area contributed by atoms with E-state index in [1.807, 2.05) is 30.3 Å². The van der Waals surface area contributed by atoms with Gasteiger partial charge in [-0.2, -0.15) is 0 Å². The first-order valence-corrected chi connectivity index (χ1v) is 5.30. The van der Waals surface area contributed by atoms with Crippen LogP contribution in [0, 0.1) is 0 Å². The van der Waals surface area contributed by atoms with E-state index in [4.69, 9.17) is 22.5 Å². The first-order chi connectivity index (χ1) is 8.22. The Morgan fingerprint density at radius 2 is 1.88 bits per heavy atom. The summed E-state index contributed by atoms with van der Waals surface area (Å²) in [6.45, 7) is 0. The van der Waals surface area contributed by atoms with Crippen molar-refractivity contribution in [2.45, 2.75) is 0 Å². The van der Waals surface area contributed by atoms with Crippen LogP contribution < -0.4 is 5.73 Å². The zero-order chi connectivity index (χ0) is 12.3. The molecule has 0 spiro atoms. The molecule has 0 saturated carbocycles. The lowest BCUT2D eigenvalue weighted by atomic mass is 10.1. The van der Waals surface area contributed by atoms with Gasteiger partial charge in [0.2, 0.25) is 0 Å². The molecule has 5 heteroatoms. The molecule has 0 bridgehead atoms. The van der Waals surface area contributed by atoms with Gasteiger partial charge in [-0.15, -0.1) is 0 Å². The van der Waals surface area contributed by atoms with Crippen molar-refractivity contribution in [3.63, 3.8) is 0 Å². The van der Waals surface area contributed by atoms with Gasteiger partial charge >= 0.3 is 0 Å². The highest BCUT2D eigenvalue weighted by Gasteiger charge is 2.08. The van der Waals surface area contributed by atoms with Gasteiger partial charge in [-0.1, -0.05) is 47.1 Å². The van der Waals surface area contributed by atoms with Gasteiger partial charge in [0.05, 0.1) is 11.3 Å². The standard InChI is InChI=1S/C12H10ClN3O/c13-11-9(12(14)16-17)6-7-10(15-11)8-4-2-1-3-5-8/h1-7,17H,(H2,14,16). The second-order valence-corrected chi connectivity index (χ2v) is 3.74. The monoisotopic (exact) mass is 247 g/mol. The van der Waals surface area contributed by atoms with Gasteiger partial charge in [0.1, 0.15) is 5.15 Å². The number of hydrogen-bond donors (Lipinski definition) is 2. The van der Waals surface area contributed by atoms with Gasteiger partial charge in [-0.25, -0.2) is 4.98 Å². The van der Waals surface area contributed by atoms with Crippen LogP contribution in [0.2, 0.25) is 5.15 Å². The van der Waals surface area contributed by atoms with E-state index in [2.05, 4.69) is 10.1 Å². The molecule has 1 aromatic carbocycles. The number of benzene rings is 1. The average molecular weight is 248 g/mol. The van der Waals surface area contributed by atoms with E-state index < -0.39 is 0 Å². The van der Waals surface area contributed by atoms with Crippen molar-refractivity contribution in [2.24, 2.45) is 10.9 Å². The van der Waals surface area contributed by atoms with Crippen molar-refractivity contribution < 1.29 is 5.21 Å². The first kappa shape index (κ1) is 11.4. The Bertz CT molecular complexity index is 555. The Morgan fingerprint density at radius 1 is 1.18 bits per heavy atom. The maximum Gasteiger partial charge on any atom is 0.173 e. The molecule has 2 rings (SSSR count). The highest BCUT2D eigenvalue weighted by Crippen LogP contribution is 2.21. The molecule has 4 nitrogen and oxygen atoms in total. The van der Waals surface area contributed by atoms with Crippen LogP contribution in [0.4, 0.5) is 0 Å². The number of aromatic nitrogens is 1. The van der Waals surface area contributed by atoms with E-state index in [9.17, 15) is 0 Å². The number of nitrogens with zero attached hydrogens (tertiary/aromatic N) is 2. The lowest BCUT2D eigenvalue weighted by molar-refractivity contribution is 0.318. The Balaban J connectivity index is 2.45. The minimum atomic E-state index is -0.0536. The molecule has 86 valence electrons. The van der Waals surface area contributed by atoms with Gasteiger partial charge in [-0.3, -0.25) is 0 Å². The zero-order valence-corrected chi connectivity index (χ0v) is 9.59. The Kier molecular flexibility index (Phi) is 3.25. The molecule has 0 unspecified atom stereocenters. The zero-order valence-electron chi connectivity index (χ0n) is 8.84. The Labute approximate surface area is 103 Å². The van der Waals surface area contributed by atoms with Crippen molar-refractivity contribution in [1.82, 2.24) is 4.98 Å². The van der Waals surface area contributed by atoms with Crippen LogP contribution in [0.3, 0.4) is 0 Å². The quantitative estimate of drug-likeness (QED) is 0.282. The summed E-state index contributed by atoms with van der Waals surface area (Å²) in [5.74, 6) is -0.0536.